The molecule has 1 saturated carbocycles. The third kappa shape index (κ3) is 3.00. The molecule has 0 unspecified atom stereocenters. The van der Waals surface area contributed by atoms with Crippen LogP contribution in [0.3, 0.4) is 0 Å². The first kappa shape index (κ1) is 13.1. The van der Waals surface area contributed by atoms with E-state index in [1.807, 2.05) is 11.0 Å². The molecule has 1 saturated heterocycles. The summed E-state index contributed by atoms with van der Waals surface area (Å²) in [5, 5.41) is 0. The Labute approximate surface area is 123 Å². The van der Waals surface area contributed by atoms with Gasteiger partial charge in [0.25, 0.3) is 0 Å². The number of ether oxygens (including phenoxy) is 1. The maximum absolute atomic E-state index is 11.8. The molecule has 19 heavy (non-hydrogen) atoms. The third-order valence-electron chi connectivity index (χ3n) is 3.45. The average molecular weight is 344 g/mol. The number of esters is 1. The van der Waals surface area contributed by atoms with Crippen molar-refractivity contribution in [1.29, 1.82) is 0 Å². The van der Waals surface area contributed by atoms with Crippen molar-refractivity contribution in [2.75, 3.05) is 13.2 Å². The number of halogens is 1. The molecular formula is C13H14BrNO3S. The minimum absolute atomic E-state index is 0.153. The van der Waals surface area contributed by atoms with Crippen LogP contribution in [0.5, 0.6) is 0 Å². The van der Waals surface area contributed by atoms with Crippen LogP contribution in [0.2, 0.25) is 0 Å². The highest BCUT2D eigenvalue weighted by Gasteiger charge is 2.39. The fourth-order valence-corrected chi connectivity index (χ4v) is 3.63. The Balaban J connectivity index is 1.50. The molecule has 1 aliphatic heterocycles. The summed E-state index contributed by atoms with van der Waals surface area (Å²) < 4.78 is 6.21. The standard InChI is InChI=1S/C13H14BrNO3S/c14-11-4-3-10(19-11)13(17)18-7-8-5-12(16)15(6-8)9-1-2-9/h3-4,8-9H,1-2,5-7H2/t8-/m1/s1. The van der Waals surface area contributed by atoms with Gasteiger partial charge < -0.3 is 9.64 Å². The highest BCUT2D eigenvalue weighted by atomic mass is 79.9. The predicted molar refractivity (Wildman–Crippen MR) is 75.1 cm³/mol. The molecule has 102 valence electrons. The molecule has 6 heteroatoms. The van der Waals surface area contributed by atoms with Crippen molar-refractivity contribution in [3.63, 3.8) is 0 Å². The zero-order valence-corrected chi connectivity index (χ0v) is 12.7. The van der Waals surface area contributed by atoms with E-state index in [0.717, 1.165) is 23.2 Å². The Hall–Kier alpha value is -0.880. The number of carbonyl (C=O) groups is 2. The number of thiophene rings is 1. The van der Waals surface area contributed by atoms with E-state index < -0.39 is 0 Å². The largest absolute Gasteiger partial charge is 0.461 e. The van der Waals surface area contributed by atoms with Gasteiger partial charge >= 0.3 is 5.97 Å². The van der Waals surface area contributed by atoms with Crippen LogP contribution in [0.25, 0.3) is 0 Å². The second kappa shape index (κ2) is 5.25. The Morgan fingerprint density at radius 1 is 1.47 bits per heavy atom. The second-order valence-electron chi connectivity index (χ2n) is 5.05. The Kier molecular flexibility index (Phi) is 3.62. The van der Waals surface area contributed by atoms with Crippen molar-refractivity contribution in [3.8, 4) is 0 Å². The predicted octanol–water partition coefficient (Wildman–Crippen LogP) is 2.68. The van der Waals surface area contributed by atoms with Gasteiger partial charge in [-0.25, -0.2) is 4.79 Å². The number of hydrogen-bond acceptors (Lipinski definition) is 4. The van der Waals surface area contributed by atoms with Crippen LogP contribution in [0.4, 0.5) is 0 Å². The van der Waals surface area contributed by atoms with Crippen LogP contribution >= 0.6 is 27.3 Å². The zero-order valence-electron chi connectivity index (χ0n) is 10.3. The molecule has 4 nitrogen and oxygen atoms in total. The van der Waals surface area contributed by atoms with Gasteiger partial charge in [0, 0.05) is 24.9 Å². The van der Waals surface area contributed by atoms with Gasteiger partial charge in [0.2, 0.25) is 5.91 Å². The third-order valence-corrected chi connectivity index (χ3v) is 5.05. The molecular weight excluding hydrogens is 330 g/mol. The number of carbonyl (C=O) groups excluding carboxylic acids is 2. The quantitative estimate of drug-likeness (QED) is 0.789. The van der Waals surface area contributed by atoms with Crippen molar-refractivity contribution in [2.45, 2.75) is 25.3 Å². The first-order valence-corrected chi connectivity index (χ1v) is 7.96. The molecule has 2 fully saturated rings. The summed E-state index contributed by atoms with van der Waals surface area (Å²) in [4.78, 5) is 26.1. The first-order chi connectivity index (χ1) is 9.13. The number of rotatable bonds is 4. The molecule has 1 aliphatic carbocycles. The van der Waals surface area contributed by atoms with Crippen LogP contribution in [0, 0.1) is 5.92 Å². The molecule has 0 spiro atoms. The molecule has 1 atom stereocenters. The average Bonchev–Trinajstić information content (AvgIpc) is 3.03. The lowest BCUT2D eigenvalue weighted by atomic mass is 10.1. The van der Waals surface area contributed by atoms with Crippen molar-refractivity contribution >= 4 is 39.1 Å². The summed E-state index contributed by atoms with van der Waals surface area (Å²) in [5.41, 5.74) is 0. The normalized spacial score (nSPS) is 22.9. The van der Waals surface area contributed by atoms with Crippen LogP contribution in [0.15, 0.2) is 15.9 Å². The highest BCUT2D eigenvalue weighted by molar-refractivity contribution is 9.11. The van der Waals surface area contributed by atoms with E-state index in [2.05, 4.69) is 15.9 Å². The lowest BCUT2D eigenvalue weighted by Gasteiger charge is -2.15. The highest BCUT2D eigenvalue weighted by Crippen LogP contribution is 2.32. The summed E-state index contributed by atoms with van der Waals surface area (Å²) in [6, 6.07) is 4.03. The van der Waals surface area contributed by atoms with Gasteiger partial charge in [-0.2, -0.15) is 0 Å². The maximum atomic E-state index is 11.8. The maximum Gasteiger partial charge on any atom is 0.348 e. The molecule has 0 aromatic carbocycles. The fraction of sp³-hybridized carbons (Fsp3) is 0.538. The van der Waals surface area contributed by atoms with E-state index >= 15 is 0 Å². The van der Waals surface area contributed by atoms with Crippen LogP contribution in [-0.2, 0) is 9.53 Å². The van der Waals surface area contributed by atoms with Gasteiger partial charge in [-0.1, -0.05) is 0 Å². The molecule has 2 heterocycles. The van der Waals surface area contributed by atoms with E-state index in [1.165, 1.54) is 11.3 Å². The number of hydrogen-bond donors (Lipinski definition) is 0. The Morgan fingerprint density at radius 2 is 2.26 bits per heavy atom. The summed E-state index contributed by atoms with van der Waals surface area (Å²) >= 11 is 4.67. The van der Waals surface area contributed by atoms with Gasteiger partial charge in [0.15, 0.2) is 0 Å². The molecule has 0 bridgehead atoms. The minimum atomic E-state index is -0.298. The molecule has 0 radical (unpaired) electrons. The van der Waals surface area contributed by atoms with E-state index in [9.17, 15) is 9.59 Å². The topological polar surface area (TPSA) is 46.6 Å². The molecule has 3 rings (SSSR count). The zero-order chi connectivity index (χ0) is 13.4. The number of amides is 1. The molecule has 1 aromatic heterocycles. The van der Waals surface area contributed by atoms with Crippen molar-refractivity contribution in [2.24, 2.45) is 5.92 Å². The van der Waals surface area contributed by atoms with Crippen molar-refractivity contribution in [3.05, 3.63) is 20.8 Å². The smallest absolute Gasteiger partial charge is 0.348 e. The van der Waals surface area contributed by atoms with Crippen LogP contribution < -0.4 is 0 Å². The van der Waals surface area contributed by atoms with Gasteiger partial charge in [-0.15, -0.1) is 11.3 Å². The lowest BCUT2D eigenvalue weighted by molar-refractivity contribution is -0.128. The van der Waals surface area contributed by atoms with Gasteiger partial charge in [-0.3, -0.25) is 4.79 Å². The van der Waals surface area contributed by atoms with Crippen LogP contribution in [-0.4, -0.2) is 36.0 Å². The number of nitrogens with zero attached hydrogens (tertiary/aromatic N) is 1. The second-order valence-corrected chi connectivity index (χ2v) is 7.51. The minimum Gasteiger partial charge on any atom is -0.461 e. The fourth-order valence-electron chi connectivity index (χ4n) is 2.35. The SMILES string of the molecule is O=C(OC[C@@H]1CC(=O)N(C2CC2)C1)c1ccc(Br)s1. The molecule has 1 amide bonds. The molecule has 1 aromatic rings. The van der Waals surface area contributed by atoms with Crippen molar-refractivity contribution in [1.82, 2.24) is 4.90 Å². The van der Waals surface area contributed by atoms with E-state index in [0.29, 0.717) is 23.9 Å². The summed E-state index contributed by atoms with van der Waals surface area (Å²) in [6.07, 6.45) is 2.76. The summed E-state index contributed by atoms with van der Waals surface area (Å²) in [6.45, 7) is 1.08. The monoisotopic (exact) mass is 343 g/mol. The number of likely N-dealkylation sites (tertiary alicyclic amines) is 1. The lowest BCUT2D eigenvalue weighted by Crippen LogP contribution is -2.27. The summed E-state index contributed by atoms with van der Waals surface area (Å²) in [5.74, 6) is 0.0656. The van der Waals surface area contributed by atoms with Crippen molar-refractivity contribution < 1.29 is 14.3 Å². The summed E-state index contributed by atoms with van der Waals surface area (Å²) in [7, 11) is 0. The molecule has 0 N–H and O–H groups in total. The van der Waals surface area contributed by atoms with Gasteiger partial charge in [0.1, 0.15) is 4.88 Å². The van der Waals surface area contributed by atoms with Gasteiger partial charge in [0.05, 0.1) is 10.4 Å². The first-order valence-electron chi connectivity index (χ1n) is 6.35. The van der Waals surface area contributed by atoms with E-state index in [-0.39, 0.29) is 17.8 Å². The molecule has 2 aliphatic rings. The van der Waals surface area contributed by atoms with Crippen LogP contribution in [0.1, 0.15) is 28.9 Å². The van der Waals surface area contributed by atoms with Gasteiger partial charge in [-0.05, 0) is 40.9 Å². The van der Waals surface area contributed by atoms with E-state index in [1.54, 1.807) is 6.07 Å². The Bertz CT molecular complexity index is 512. The Morgan fingerprint density at radius 3 is 2.89 bits per heavy atom. The van der Waals surface area contributed by atoms with E-state index in [4.69, 9.17) is 4.74 Å².